The molecule has 1 N–H and O–H groups in total. The number of hydrogen-bond acceptors (Lipinski definition) is 4. The van der Waals surface area contributed by atoms with Crippen LogP contribution in [0.1, 0.15) is 5.69 Å². The highest BCUT2D eigenvalue weighted by Gasteiger charge is 2.03. The topological polar surface area (TPSA) is 73.2 Å². The molecule has 1 aromatic heterocycles. The summed E-state index contributed by atoms with van der Waals surface area (Å²) in [5.74, 6) is 0.307. The summed E-state index contributed by atoms with van der Waals surface area (Å²) in [6.45, 7) is 2.34. The van der Waals surface area contributed by atoms with Gasteiger partial charge in [-0.05, 0) is 31.2 Å². The van der Waals surface area contributed by atoms with Gasteiger partial charge < -0.3 is 10.1 Å². The molecular weight excluding hydrogens is 306 g/mol. The van der Waals surface area contributed by atoms with Crippen LogP contribution in [-0.2, 0) is 11.3 Å². The summed E-state index contributed by atoms with van der Waals surface area (Å²) in [5.41, 5.74) is 0.529. The number of ether oxygens (including phenoxy) is 1. The van der Waals surface area contributed by atoms with E-state index in [2.05, 4.69) is 10.3 Å². The highest BCUT2D eigenvalue weighted by molar-refractivity contribution is 6.30. The molecule has 0 bridgehead atoms. The molecule has 6 nitrogen and oxygen atoms in total. The summed E-state index contributed by atoms with van der Waals surface area (Å²) in [5, 5.41) is 3.28. The van der Waals surface area contributed by atoms with Crippen LogP contribution in [0.3, 0.4) is 0 Å². The van der Waals surface area contributed by atoms with Crippen LogP contribution in [-0.4, -0.2) is 28.6 Å². The zero-order chi connectivity index (χ0) is 15.9. The van der Waals surface area contributed by atoms with Crippen molar-refractivity contribution in [3.05, 3.63) is 57.7 Å². The van der Waals surface area contributed by atoms with Crippen LogP contribution < -0.4 is 15.6 Å². The van der Waals surface area contributed by atoms with Gasteiger partial charge in [0.25, 0.3) is 11.5 Å². The lowest BCUT2D eigenvalue weighted by Crippen LogP contribution is -2.33. The van der Waals surface area contributed by atoms with Gasteiger partial charge in [-0.3, -0.25) is 14.2 Å². The summed E-state index contributed by atoms with van der Waals surface area (Å²) in [7, 11) is 0. The maximum Gasteiger partial charge on any atom is 0.258 e. The fraction of sp³-hybridized carbons (Fsp3) is 0.267. The number of carbonyl (C=O) groups excluding carboxylic acids is 1. The third-order valence-electron chi connectivity index (χ3n) is 2.87. The van der Waals surface area contributed by atoms with Crippen molar-refractivity contribution in [3.63, 3.8) is 0 Å². The molecule has 0 aliphatic heterocycles. The number of benzene rings is 1. The Morgan fingerprint density at radius 1 is 1.36 bits per heavy atom. The number of nitrogens with zero attached hydrogens (tertiary/aromatic N) is 2. The second-order valence-corrected chi connectivity index (χ2v) is 5.09. The third kappa shape index (κ3) is 4.89. The van der Waals surface area contributed by atoms with Crippen molar-refractivity contribution in [1.82, 2.24) is 14.9 Å². The maximum atomic E-state index is 11.6. The van der Waals surface area contributed by atoms with Crippen molar-refractivity contribution in [2.45, 2.75) is 13.5 Å². The molecule has 22 heavy (non-hydrogen) atoms. The highest BCUT2D eigenvalue weighted by Crippen LogP contribution is 2.15. The van der Waals surface area contributed by atoms with Crippen molar-refractivity contribution in [2.24, 2.45) is 0 Å². The van der Waals surface area contributed by atoms with Crippen LogP contribution in [0, 0.1) is 6.92 Å². The number of amides is 1. The molecule has 2 aromatic rings. The van der Waals surface area contributed by atoms with Crippen LogP contribution in [0.15, 0.2) is 41.5 Å². The minimum atomic E-state index is -0.261. The Morgan fingerprint density at radius 2 is 2.09 bits per heavy atom. The number of halogens is 1. The minimum Gasteiger partial charge on any atom is -0.484 e. The molecule has 2 rings (SSSR count). The van der Waals surface area contributed by atoms with Crippen molar-refractivity contribution < 1.29 is 9.53 Å². The van der Waals surface area contributed by atoms with Crippen LogP contribution in [0.2, 0.25) is 5.02 Å². The van der Waals surface area contributed by atoms with Crippen molar-refractivity contribution in [1.29, 1.82) is 0 Å². The van der Waals surface area contributed by atoms with Crippen molar-refractivity contribution >= 4 is 17.5 Å². The van der Waals surface area contributed by atoms with E-state index in [1.54, 1.807) is 31.2 Å². The fourth-order valence-electron chi connectivity index (χ4n) is 1.73. The van der Waals surface area contributed by atoms with Gasteiger partial charge in [0.1, 0.15) is 5.75 Å². The summed E-state index contributed by atoms with van der Waals surface area (Å²) in [6.07, 6.45) is 1.47. The predicted octanol–water partition coefficient (Wildman–Crippen LogP) is 1.40. The predicted molar refractivity (Wildman–Crippen MR) is 83.2 cm³/mol. The fourth-order valence-corrected chi connectivity index (χ4v) is 1.86. The Labute approximate surface area is 132 Å². The first-order valence-electron chi connectivity index (χ1n) is 6.73. The molecule has 1 heterocycles. The molecule has 1 aromatic carbocycles. The van der Waals surface area contributed by atoms with Gasteiger partial charge in [0.2, 0.25) is 0 Å². The molecule has 0 unspecified atom stereocenters. The standard InChI is InChI=1S/C15H16ClN3O3/c1-11-8-15(21)19(10-18-11)7-6-17-14(20)9-22-13-4-2-12(16)3-5-13/h2-5,8,10H,6-7,9H2,1H3,(H,17,20). The number of hydrogen-bond donors (Lipinski definition) is 1. The summed E-state index contributed by atoms with van der Waals surface area (Å²) in [6, 6.07) is 8.20. The molecule has 0 saturated carbocycles. The molecule has 0 fully saturated rings. The van der Waals surface area contributed by atoms with Crippen LogP contribution in [0.25, 0.3) is 0 Å². The van der Waals surface area contributed by atoms with E-state index in [4.69, 9.17) is 16.3 Å². The Morgan fingerprint density at radius 3 is 2.77 bits per heavy atom. The second-order valence-electron chi connectivity index (χ2n) is 4.65. The molecule has 0 aliphatic carbocycles. The molecule has 7 heteroatoms. The Bertz CT molecular complexity index is 698. The number of aromatic nitrogens is 2. The first-order valence-corrected chi connectivity index (χ1v) is 7.10. The molecule has 0 atom stereocenters. The zero-order valence-corrected chi connectivity index (χ0v) is 12.8. The average molecular weight is 322 g/mol. The lowest BCUT2D eigenvalue weighted by Gasteiger charge is -2.08. The van der Waals surface area contributed by atoms with E-state index in [9.17, 15) is 9.59 Å². The Hall–Kier alpha value is -2.34. The minimum absolute atomic E-state index is 0.0946. The van der Waals surface area contributed by atoms with Gasteiger partial charge in [-0.15, -0.1) is 0 Å². The van der Waals surface area contributed by atoms with E-state index in [1.165, 1.54) is 17.0 Å². The largest absolute Gasteiger partial charge is 0.484 e. The Kier molecular flexibility index (Phi) is 5.55. The highest BCUT2D eigenvalue weighted by atomic mass is 35.5. The SMILES string of the molecule is Cc1cc(=O)n(CCNC(=O)COc2ccc(Cl)cc2)cn1. The van der Waals surface area contributed by atoms with E-state index in [1.807, 2.05) is 0 Å². The van der Waals surface area contributed by atoms with Gasteiger partial charge in [-0.2, -0.15) is 0 Å². The molecule has 116 valence electrons. The maximum absolute atomic E-state index is 11.6. The molecule has 0 saturated heterocycles. The normalized spacial score (nSPS) is 10.3. The van der Waals surface area contributed by atoms with E-state index >= 15 is 0 Å². The molecule has 0 radical (unpaired) electrons. The van der Waals surface area contributed by atoms with Crippen molar-refractivity contribution in [3.8, 4) is 5.75 Å². The van der Waals surface area contributed by atoms with Gasteiger partial charge in [-0.1, -0.05) is 11.6 Å². The number of rotatable bonds is 6. The van der Waals surface area contributed by atoms with Gasteiger partial charge in [0.05, 0.1) is 6.33 Å². The molecule has 1 amide bonds. The van der Waals surface area contributed by atoms with Gasteiger partial charge >= 0.3 is 0 Å². The summed E-state index contributed by atoms with van der Waals surface area (Å²) < 4.78 is 6.75. The quantitative estimate of drug-likeness (QED) is 0.873. The zero-order valence-electron chi connectivity index (χ0n) is 12.1. The molecular formula is C15H16ClN3O3. The Balaban J connectivity index is 1.73. The first kappa shape index (κ1) is 16.0. The smallest absolute Gasteiger partial charge is 0.258 e. The van der Waals surface area contributed by atoms with E-state index < -0.39 is 0 Å². The van der Waals surface area contributed by atoms with Crippen molar-refractivity contribution in [2.75, 3.05) is 13.2 Å². The van der Waals surface area contributed by atoms with Crippen LogP contribution >= 0.6 is 11.6 Å². The molecule has 0 spiro atoms. The lowest BCUT2D eigenvalue weighted by atomic mass is 10.3. The number of nitrogens with one attached hydrogen (secondary N) is 1. The van der Waals surface area contributed by atoms with Crippen LogP contribution in [0.5, 0.6) is 5.75 Å². The van der Waals surface area contributed by atoms with Crippen LogP contribution in [0.4, 0.5) is 0 Å². The first-order chi connectivity index (χ1) is 10.5. The summed E-state index contributed by atoms with van der Waals surface area (Å²) in [4.78, 5) is 27.3. The van der Waals surface area contributed by atoms with E-state index in [-0.39, 0.29) is 18.1 Å². The number of aryl methyl sites for hydroxylation is 1. The average Bonchev–Trinajstić information content (AvgIpc) is 2.49. The summed E-state index contributed by atoms with van der Waals surface area (Å²) >= 11 is 5.76. The van der Waals surface area contributed by atoms with Gasteiger partial charge in [0.15, 0.2) is 6.61 Å². The van der Waals surface area contributed by atoms with E-state index in [0.29, 0.717) is 29.6 Å². The monoisotopic (exact) mass is 321 g/mol. The lowest BCUT2D eigenvalue weighted by molar-refractivity contribution is -0.123. The van der Waals surface area contributed by atoms with Gasteiger partial charge in [-0.25, -0.2) is 4.98 Å². The third-order valence-corrected chi connectivity index (χ3v) is 3.13. The van der Waals surface area contributed by atoms with E-state index in [0.717, 1.165) is 0 Å². The number of carbonyl (C=O) groups is 1. The molecule has 0 aliphatic rings. The second kappa shape index (κ2) is 7.61. The van der Waals surface area contributed by atoms with Gasteiger partial charge in [0, 0.05) is 29.9 Å².